The summed E-state index contributed by atoms with van der Waals surface area (Å²) in [6, 6.07) is 3.85. The van der Waals surface area contributed by atoms with Gasteiger partial charge in [0, 0.05) is 12.7 Å². The van der Waals surface area contributed by atoms with Crippen molar-refractivity contribution in [3.8, 4) is 0 Å². The molecule has 2 heterocycles. The number of aromatic nitrogens is 1. The molecule has 0 saturated carbocycles. The molecule has 1 aliphatic heterocycles. The topological polar surface area (TPSA) is 42.0 Å². The van der Waals surface area contributed by atoms with Gasteiger partial charge in [-0.25, -0.2) is 4.98 Å². The fourth-order valence-corrected chi connectivity index (χ4v) is 3.25. The van der Waals surface area contributed by atoms with E-state index in [1.54, 1.807) is 6.20 Å². The normalized spacial score (nSPS) is 23.7. The monoisotopic (exact) mass is 224 g/mol. The van der Waals surface area contributed by atoms with Crippen LogP contribution in [0.2, 0.25) is 0 Å². The predicted molar refractivity (Wildman–Crippen MR) is 61.3 cm³/mol. The molecule has 1 aromatic heterocycles. The van der Waals surface area contributed by atoms with E-state index in [0.717, 1.165) is 36.5 Å². The molecule has 0 radical (unpaired) electrons. The van der Waals surface area contributed by atoms with Crippen molar-refractivity contribution in [1.82, 2.24) is 10.3 Å². The predicted octanol–water partition coefficient (Wildman–Crippen LogP) is 1.25. The first-order chi connectivity index (χ1) is 7.27. The number of hydrogen-bond acceptors (Lipinski definition) is 3. The third-order valence-corrected chi connectivity index (χ3v) is 4.29. The van der Waals surface area contributed by atoms with E-state index >= 15 is 0 Å². The lowest BCUT2D eigenvalue weighted by atomic mass is 10.2. The third-order valence-electron chi connectivity index (χ3n) is 2.65. The molecular formula is C11H16N2OS. The van der Waals surface area contributed by atoms with Crippen LogP contribution in [0, 0.1) is 6.92 Å². The Bertz CT molecular complexity index is 361. The van der Waals surface area contributed by atoms with Crippen LogP contribution in [0.25, 0.3) is 0 Å². The first kappa shape index (κ1) is 10.8. The van der Waals surface area contributed by atoms with Crippen molar-refractivity contribution in [2.24, 2.45) is 0 Å². The van der Waals surface area contributed by atoms with Crippen LogP contribution >= 0.6 is 0 Å². The summed E-state index contributed by atoms with van der Waals surface area (Å²) in [7, 11) is -0.954. The van der Waals surface area contributed by atoms with Crippen molar-refractivity contribution in [1.29, 1.82) is 0 Å². The molecule has 0 unspecified atom stereocenters. The quantitative estimate of drug-likeness (QED) is 0.822. The highest BCUT2D eigenvalue weighted by atomic mass is 32.2. The molecular weight excluding hydrogens is 208 g/mol. The van der Waals surface area contributed by atoms with Crippen molar-refractivity contribution in [2.75, 3.05) is 13.1 Å². The Balaban J connectivity index is 2.12. The maximum Gasteiger partial charge on any atom is 0.127 e. The molecule has 2 rings (SSSR count). The zero-order valence-corrected chi connectivity index (χ0v) is 9.72. The van der Waals surface area contributed by atoms with Crippen molar-refractivity contribution >= 4 is 10.8 Å². The number of aryl methyl sites for hydroxylation is 1. The summed E-state index contributed by atoms with van der Waals surface area (Å²) in [5.41, 5.74) is 1.12. The minimum Gasteiger partial charge on any atom is -0.316 e. The maximum atomic E-state index is 12.2. The van der Waals surface area contributed by atoms with Gasteiger partial charge < -0.3 is 5.32 Å². The van der Waals surface area contributed by atoms with Gasteiger partial charge in [-0.3, -0.25) is 4.21 Å². The van der Waals surface area contributed by atoms with Crippen LogP contribution in [0.5, 0.6) is 0 Å². The zero-order chi connectivity index (χ0) is 10.7. The molecule has 1 fully saturated rings. The third kappa shape index (κ3) is 2.63. The molecule has 0 amide bonds. The van der Waals surface area contributed by atoms with E-state index < -0.39 is 10.8 Å². The van der Waals surface area contributed by atoms with Crippen LogP contribution in [-0.4, -0.2) is 27.5 Å². The molecule has 1 aliphatic rings. The average molecular weight is 224 g/mol. The van der Waals surface area contributed by atoms with E-state index in [2.05, 4.69) is 10.3 Å². The summed E-state index contributed by atoms with van der Waals surface area (Å²) in [6.07, 6.45) is 3.89. The van der Waals surface area contributed by atoms with Gasteiger partial charge >= 0.3 is 0 Å². The Morgan fingerprint density at radius 3 is 3.13 bits per heavy atom. The first-order valence-electron chi connectivity index (χ1n) is 5.31. The Kier molecular flexibility index (Phi) is 3.49. The molecule has 15 heavy (non-hydrogen) atoms. The van der Waals surface area contributed by atoms with Gasteiger partial charge in [-0.15, -0.1) is 0 Å². The Hall–Kier alpha value is -0.740. The van der Waals surface area contributed by atoms with E-state index in [9.17, 15) is 4.21 Å². The highest BCUT2D eigenvalue weighted by Crippen LogP contribution is 2.15. The summed E-state index contributed by atoms with van der Waals surface area (Å²) < 4.78 is 12.2. The van der Waals surface area contributed by atoms with Gasteiger partial charge in [-0.1, -0.05) is 0 Å². The van der Waals surface area contributed by atoms with E-state index in [-0.39, 0.29) is 5.25 Å². The fourth-order valence-electron chi connectivity index (χ4n) is 1.79. The van der Waals surface area contributed by atoms with Gasteiger partial charge in [0.25, 0.3) is 0 Å². The van der Waals surface area contributed by atoms with Gasteiger partial charge in [-0.2, -0.15) is 0 Å². The Morgan fingerprint density at radius 2 is 2.47 bits per heavy atom. The molecule has 1 N–H and O–H groups in total. The summed E-state index contributed by atoms with van der Waals surface area (Å²) in [6.45, 7) is 3.90. The summed E-state index contributed by atoms with van der Waals surface area (Å²) >= 11 is 0. The van der Waals surface area contributed by atoms with Crippen LogP contribution in [-0.2, 0) is 10.8 Å². The second kappa shape index (κ2) is 4.86. The molecule has 3 nitrogen and oxygen atoms in total. The average Bonchev–Trinajstić information content (AvgIpc) is 2.29. The van der Waals surface area contributed by atoms with Gasteiger partial charge in [0.1, 0.15) is 5.03 Å². The second-order valence-electron chi connectivity index (χ2n) is 3.94. The Morgan fingerprint density at radius 1 is 1.60 bits per heavy atom. The number of hydrogen-bond donors (Lipinski definition) is 1. The molecule has 0 spiro atoms. The van der Waals surface area contributed by atoms with Gasteiger partial charge in [-0.05, 0) is 44.0 Å². The maximum absolute atomic E-state index is 12.2. The van der Waals surface area contributed by atoms with Crippen LogP contribution in [0.4, 0.5) is 0 Å². The molecule has 4 heteroatoms. The van der Waals surface area contributed by atoms with E-state index in [1.807, 2.05) is 19.1 Å². The van der Waals surface area contributed by atoms with Gasteiger partial charge in [0.2, 0.25) is 0 Å². The van der Waals surface area contributed by atoms with Gasteiger partial charge in [0.05, 0.1) is 16.0 Å². The second-order valence-corrected chi connectivity index (χ2v) is 5.62. The van der Waals surface area contributed by atoms with Crippen LogP contribution in [0.15, 0.2) is 23.4 Å². The van der Waals surface area contributed by atoms with E-state index in [4.69, 9.17) is 0 Å². The standard InChI is InChI=1S/C11H16N2OS/c1-9-4-6-13-11(7-9)15(14)10-3-2-5-12-8-10/h4,6-7,10,12H,2-3,5,8H2,1H3/t10-,15+/m0/s1. The lowest BCUT2D eigenvalue weighted by Crippen LogP contribution is -2.36. The Labute approximate surface area is 92.8 Å². The summed E-state index contributed by atoms with van der Waals surface area (Å²) in [4.78, 5) is 4.19. The number of rotatable bonds is 2. The lowest BCUT2D eigenvalue weighted by molar-refractivity contribution is 0.519. The van der Waals surface area contributed by atoms with Crippen molar-refractivity contribution in [3.63, 3.8) is 0 Å². The van der Waals surface area contributed by atoms with E-state index in [1.165, 1.54) is 0 Å². The van der Waals surface area contributed by atoms with Crippen molar-refractivity contribution in [2.45, 2.75) is 30.0 Å². The minimum absolute atomic E-state index is 0.230. The number of nitrogens with zero attached hydrogens (tertiary/aromatic N) is 1. The van der Waals surface area contributed by atoms with Gasteiger partial charge in [0.15, 0.2) is 0 Å². The largest absolute Gasteiger partial charge is 0.316 e. The van der Waals surface area contributed by atoms with E-state index in [0.29, 0.717) is 0 Å². The van der Waals surface area contributed by atoms with Crippen molar-refractivity contribution in [3.05, 3.63) is 23.9 Å². The number of pyridine rings is 1. The van der Waals surface area contributed by atoms with Crippen LogP contribution < -0.4 is 5.32 Å². The lowest BCUT2D eigenvalue weighted by Gasteiger charge is -2.21. The molecule has 0 bridgehead atoms. The molecule has 1 saturated heterocycles. The summed E-state index contributed by atoms with van der Waals surface area (Å²) in [5, 5.41) is 4.23. The fraction of sp³-hybridized carbons (Fsp3) is 0.545. The number of piperidine rings is 1. The minimum atomic E-state index is -0.954. The zero-order valence-electron chi connectivity index (χ0n) is 8.90. The van der Waals surface area contributed by atoms with Crippen LogP contribution in [0.3, 0.4) is 0 Å². The highest BCUT2D eigenvalue weighted by molar-refractivity contribution is 7.85. The number of nitrogens with one attached hydrogen (secondary N) is 1. The van der Waals surface area contributed by atoms with Crippen LogP contribution in [0.1, 0.15) is 18.4 Å². The SMILES string of the molecule is Cc1ccnc([S@](=O)[C@H]2CCCNC2)c1. The highest BCUT2D eigenvalue weighted by Gasteiger charge is 2.21. The molecule has 2 atom stereocenters. The molecule has 0 aromatic carbocycles. The summed E-state index contributed by atoms with van der Waals surface area (Å²) in [5.74, 6) is 0. The van der Waals surface area contributed by atoms with Crippen molar-refractivity contribution < 1.29 is 4.21 Å². The molecule has 0 aliphatic carbocycles. The first-order valence-corrected chi connectivity index (χ1v) is 6.52. The smallest absolute Gasteiger partial charge is 0.127 e. The molecule has 1 aromatic rings. The molecule has 82 valence electrons.